The molecule has 0 aliphatic heterocycles. The van der Waals surface area contributed by atoms with E-state index in [0.717, 1.165) is 108 Å². The SMILES string of the molecule is [C-]#[N+]c1c(-c2ccc(C)cc2)c(C#N)c(-n2c3ccccc3c3ccc4c5ccccc5oc4c32)c(-c2ccc(C)cc2)c1-n1c2c(ccc3c4ccccc4sc32)c2ccc3c4ccccc4sc3c21. The average molecular weight is 941 g/mol. The summed E-state index contributed by atoms with van der Waals surface area (Å²) in [6, 6.07) is 67.2. The topological polar surface area (TPSA) is 51.1 Å². The van der Waals surface area contributed by atoms with Gasteiger partial charge in [0.15, 0.2) is 5.58 Å². The fourth-order valence-corrected chi connectivity index (χ4v) is 14.1. The highest BCUT2D eigenvalue weighted by Crippen LogP contribution is 2.55. The van der Waals surface area contributed by atoms with E-state index in [-0.39, 0.29) is 0 Å². The number of rotatable bonds is 4. The Labute approximate surface area is 414 Å². The number of hydrogen-bond acceptors (Lipinski definition) is 4. The van der Waals surface area contributed by atoms with Gasteiger partial charge in [-0.15, -0.1) is 22.7 Å². The van der Waals surface area contributed by atoms with Crippen molar-refractivity contribution in [2.75, 3.05) is 0 Å². The molecule has 15 rings (SSSR count). The minimum atomic E-state index is 0.411. The first-order chi connectivity index (χ1) is 35.0. The number of aryl methyl sites for hydroxylation is 2. The van der Waals surface area contributed by atoms with E-state index in [0.29, 0.717) is 22.5 Å². The van der Waals surface area contributed by atoms with Crippen LogP contribution in [0.5, 0.6) is 0 Å². The van der Waals surface area contributed by atoms with Gasteiger partial charge in [0.25, 0.3) is 0 Å². The summed E-state index contributed by atoms with van der Waals surface area (Å²) in [5.41, 5.74) is 12.9. The summed E-state index contributed by atoms with van der Waals surface area (Å²) in [4.78, 5) is 4.68. The van der Waals surface area contributed by atoms with Gasteiger partial charge in [0.2, 0.25) is 5.69 Å². The molecule has 0 atom stereocenters. The van der Waals surface area contributed by atoms with Crippen LogP contribution in [0, 0.1) is 31.8 Å². The Hall–Kier alpha value is -8.98. The molecule has 5 aromatic heterocycles. The second-order valence-corrected chi connectivity index (χ2v) is 20.7. The highest BCUT2D eigenvalue weighted by molar-refractivity contribution is 7.27. The maximum Gasteiger partial charge on any atom is 0.220 e. The van der Waals surface area contributed by atoms with Gasteiger partial charge in [-0.1, -0.05) is 163 Å². The molecule has 0 unspecified atom stereocenters. The zero-order valence-corrected chi connectivity index (χ0v) is 40.0. The molecule has 0 aliphatic carbocycles. The smallest absolute Gasteiger partial charge is 0.220 e. The van der Waals surface area contributed by atoms with Crippen molar-refractivity contribution in [2.45, 2.75) is 13.8 Å². The zero-order valence-electron chi connectivity index (χ0n) is 38.3. The van der Waals surface area contributed by atoms with Gasteiger partial charge in [-0.3, -0.25) is 0 Å². The molecule has 0 bridgehead atoms. The van der Waals surface area contributed by atoms with Gasteiger partial charge < -0.3 is 13.6 Å². The second kappa shape index (κ2) is 14.8. The molecule has 0 radical (unpaired) electrons. The first kappa shape index (κ1) is 40.0. The van der Waals surface area contributed by atoms with Crippen molar-refractivity contribution >= 4 is 134 Å². The van der Waals surface area contributed by atoms with Crippen LogP contribution in [0.3, 0.4) is 0 Å². The molecule has 0 fully saturated rings. The molecule has 10 aromatic carbocycles. The Morgan fingerprint density at radius 2 is 0.958 bits per heavy atom. The van der Waals surface area contributed by atoms with Gasteiger partial charge in [0.05, 0.1) is 55.0 Å². The molecule has 7 heteroatoms. The highest BCUT2D eigenvalue weighted by Gasteiger charge is 2.34. The van der Waals surface area contributed by atoms with Crippen molar-refractivity contribution < 1.29 is 4.42 Å². The molecule has 0 saturated heterocycles. The van der Waals surface area contributed by atoms with E-state index in [1.165, 1.54) is 30.9 Å². The van der Waals surface area contributed by atoms with E-state index in [4.69, 9.17) is 4.42 Å². The van der Waals surface area contributed by atoms with Crippen molar-refractivity contribution in [3.63, 3.8) is 0 Å². The van der Waals surface area contributed by atoms with Crippen molar-refractivity contribution in [2.24, 2.45) is 0 Å². The lowest BCUT2D eigenvalue weighted by atomic mass is 9.88. The predicted molar refractivity (Wildman–Crippen MR) is 299 cm³/mol. The lowest BCUT2D eigenvalue weighted by Gasteiger charge is -2.26. The lowest BCUT2D eigenvalue weighted by Crippen LogP contribution is -2.09. The Morgan fingerprint density at radius 3 is 1.55 bits per heavy atom. The number of aromatic nitrogens is 2. The van der Waals surface area contributed by atoms with Gasteiger partial charge in [-0.25, -0.2) is 4.85 Å². The maximum absolute atomic E-state index is 12.1. The molecule has 71 heavy (non-hydrogen) atoms. The number of nitrogens with zero attached hydrogens (tertiary/aromatic N) is 4. The van der Waals surface area contributed by atoms with Crippen LogP contribution < -0.4 is 0 Å². The van der Waals surface area contributed by atoms with Crippen LogP contribution in [0.1, 0.15) is 16.7 Å². The summed E-state index contributed by atoms with van der Waals surface area (Å²) in [7, 11) is 0. The van der Waals surface area contributed by atoms with Gasteiger partial charge in [-0.2, -0.15) is 5.26 Å². The fourth-order valence-electron chi connectivity index (χ4n) is 11.6. The van der Waals surface area contributed by atoms with E-state index < -0.39 is 0 Å². The molecule has 0 aliphatic rings. The van der Waals surface area contributed by atoms with Gasteiger partial charge in [-0.05, 0) is 55.3 Å². The summed E-state index contributed by atoms with van der Waals surface area (Å²) < 4.78 is 16.4. The Balaban J connectivity index is 1.27. The number of fused-ring (bicyclic) bond motifs is 18. The molecule has 330 valence electrons. The summed E-state index contributed by atoms with van der Waals surface area (Å²) in [6.45, 7) is 13.7. The summed E-state index contributed by atoms with van der Waals surface area (Å²) in [5, 5.41) is 23.1. The third kappa shape index (κ3) is 5.42. The van der Waals surface area contributed by atoms with Crippen molar-refractivity contribution in [3.05, 3.63) is 210 Å². The average Bonchev–Trinajstić information content (AvgIpc) is 4.23. The van der Waals surface area contributed by atoms with E-state index in [2.05, 4.69) is 204 Å². The van der Waals surface area contributed by atoms with Crippen LogP contribution in [-0.4, -0.2) is 9.13 Å². The molecule has 0 saturated carbocycles. The van der Waals surface area contributed by atoms with Crippen molar-refractivity contribution in [3.8, 4) is 39.7 Å². The molecular formula is C64H36N4OS2. The second-order valence-electron chi connectivity index (χ2n) is 18.6. The zero-order chi connectivity index (χ0) is 47.2. The first-order valence-corrected chi connectivity index (χ1v) is 25.3. The van der Waals surface area contributed by atoms with E-state index in [1.807, 2.05) is 12.1 Å². The standard InChI is InChI=1S/C64H36N4OS2/c1-35-20-24-37(25-21-35)54-49(34-65)57(67-50-16-8-4-12-39(50)43-28-31-46-40-13-5-9-17-51(40)69-62(46)58(43)67)55(38-26-22-36(2)23-27-38)61(56(54)66-3)68-59-44(29-32-47-41-14-6-10-18-52(41)70-63(47)59)45-30-33-48-42-15-7-11-19-53(42)71-64(48)60(45)68/h4-33H,1-2H3. The van der Waals surface area contributed by atoms with Crippen LogP contribution in [0.4, 0.5) is 5.69 Å². The molecule has 15 aromatic rings. The van der Waals surface area contributed by atoms with Gasteiger partial charge in [0.1, 0.15) is 11.7 Å². The minimum absolute atomic E-state index is 0.411. The third-order valence-electron chi connectivity index (χ3n) is 14.7. The highest BCUT2D eigenvalue weighted by atomic mass is 32.1. The van der Waals surface area contributed by atoms with E-state index in [9.17, 15) is 11.8 Å². The molecule has 5 nitrogen and oxygen atoms in total. The molecule has 0 amide bonds. The van der Waals surface area contributed by atoms with E-state index in [1.54, 1.807) is 22.7 Å². The normalized spacial score (nSPS) is 12.1. The van der Waals surface area contributed by atoms with Gasteiger partial charge in [0, 0.05) is 74.4 Å². The number of furan rings is 1. The van der Waals surface area contributed by atoms with Crippen molar-refractivity contribution in [1.82, 2.24) is 9.13 Å². The first-order valence-electron chi connectivity index (χ1n) is 23.7. The monoisotopic (exact) mass is 940 g/mol. The van der Waals surface area contributed by atoms with Crippen LogP contribution in [0.15, 0.2) is 186 Å². The summed E-state index contributed by atoms with van der Waals surface area (Å²) >= 11 is 3.59. The predicted octanol–water partition coefficient (Wildman–Crippen LogP) is 18.9. The Morgan fingerprint density at radius 1 is 0.465 bits per heavy atom. The minimum Gasteiger partial charge on any atom is -0.454 e. The van der Waals surface area contributed by atoms with Crippen LogP contribution in [-0.2, 0) is 0 Å². The molecular weight excluding hydrogens is 905 g/mol. The summed E-state index contributed by atoms with van der Waals surface area (Å²) in [6.07, 6.45) is 0. The Bertz CT molecular complexity index is 4780. The maximum atomic E-state index is 12.1. The number of hydrogen-bond donors (Lipinski definition) is 0. The van der Waals surface area contributed by atoms with Crippen LogP contribution >= 0.6 is 22.7 Å². The summed E-state index contributed by atoms with van der Waals surface area (Å²) in [5.74, 6) is 0. The lowest BCUT2D eigenvalue weighted by molar-refractivity contribution is 0.671. The van der Waals surface area contributed by atoms with Crippen LogP contribution in [0.2, 0.25) is 0 Å². The Kier molecular flexibility index (Phi) is 8.31. The van der Waals surface area contributed by atoms with Crippen molar-refractivity contribution in [1.29, 1.82) is 5.26 Å². The number of thiophene rings is 2. The fraction of sp³-hybridized carbons (Fsp3) is 0.0312. The number of para-hydroxylation sites is 2. The number of benzene rings is 10. The quantitative estimate of drug-likeness (QED) is 0.165. The van der Waals surface area contributed by atoms with Gasteiger partial charge >= 0.3 is 0 Å². The molecule has 0 spiro atoms. The number of nitriles is 1. The molecule has 5 heterocycles. The third-order valence-corrected chi connectivity index (χ3v) is 17.1. The van der Waals surface area contributed by atoms with Crippen LogP contribution in [0.25, 0.3) is 144 Å². The largest absolute Gasteiger partial charge is 0.454 e. The van der Waals surface area contributed by atoms with E-state index >= 15 is 0 Å². The molecule has 0 N–H and O–H groups in total.